The zero-order valence-electron chi connectivity index (χ0n) is 14.7. The molecule has 0 fully saturated rings. The minimum Gasteiger partial charge on any atom is -0.332 e. The number of rotatable bonds is 10. The van der Waals surface area contributed by atoms with Crippen molar-refractivity contribution in [2.75, 3.05) is 0 Å². The third-order valence-corrected chi connectivity index (χ3v) is 2.69. The predicted octanol–water partition coefficient (Wildman–Crippen LogP) is 5.43. The zero-order chi connectivity index (χ0) is 17.0. The first-order chi connectivity index (χ1) is 9.83. The molecule has 0 amide bonds. The molecule has 0 bridgehead atoms. The van der Waals surface area contributed by atoms with E-state index in [2.05, 4.69) is 40.5 Å². The van der Waals surface area contributed by atoms with Crippen molar-refractivity contribution in [3.05, 3.63) is 12.8 Å². The summed E-state index contributed by atoms with van der Waals surface area (Å²) in [4.78, 5) is 21.6. The molecule has 0 aliphatic heterocycles. The first-order valence-corrected chi connectivity index (χ1v) is 9.73. The van der Waals surface area contributed by atoms with Crippen LogP contribution >= 0.6 is 7.82 Å². The van der Waals surface area contributed by atoms with Crippen molar-refractivity contribution in [1.82, 2.24) is 0 Å². The van der Waals surface area contributed by atoms with Gasteiger partial charge in [0.1, 0.15) is 0 Å². The maximum atomic E-state index is 8.88. The summed E-state index contributed by atoms with van der Waals surface area (Å²) in [5.41, 5.74) is 0. The third kappa shape index (κ3) is 70.4. The van der Waals surface area contributed by atoms with Crippen LogP contribution in [0, 0.1) is 12.8 Å². The summed E-state index contributed by atoms with van der Waals surface area (Å²) in [6.07, 6.45) is 18.2. The fourth-order valence-electron chi connectivity index (χ4n) is 1.55. The minimum absolute atomic E-state index is 0. The van der Waals surface area contributed by atoms with Gasteiger partial charge in [0.2, 0.25) is 0 Å². The molecule has 4 nitrogen and oxygen atoms in total. The molecule has 0 radical (unpaired) electrons. The van der Waals surface area contributed by atoms with Crippen molar-refractivity contribution in [2.45, 2.75) is 91.9 Å². The van der Waals surface area contributed by atoms with Gasteiger partial charge in [0.15, 0.2) is 0 Å². The summed E-state index contributed by atoms with van der Waals surface area (Å²) in [6.45, 7) is 8.75. The molecule has 6 heteroatoms. The van der Waals surface area contributed by atoms with Crippen LogP contribution < -0.4 is 0 Å². The molecule has 0 aromatic rings. The van der Waals surface area contributed by atoms with E-state index in [-0.39, 0.29) is 16.5 Å². The predicted molar refractivity (Wildman–Crippen MR) is 91.7 cm³/mol. The molecule has 0 saturated carbocycles. The molecule has 0 saturated heterocycles. The summed E-state index contributed by atoms with van der Waals surface area (Å²) < 4.78 is 8.88. The van der Waals surface area contributed by atoms with Gasteiger partial charge in [-0.25, -0.2) is 4.57 Å². The topological polar surface area (TPSA) is 77.8 Å². The Kier molecular flexibility index (Phi) is 36.7. The van der Waals surface area contributed by atoms with E-state index >= 15 is 0 Å². The molecule has 0 rings (SSSR count). The molecular weight excluding hydrogens is 346 g/mol. The SMILES string of the molecule is C[CH-]CCCCCC.C[CH-]CCCCCC.O=P(O)(O)O.[Ni+2]. The first-order valence-electron chi connectivity index (χ1n) is 8.17. The summed E-state index contributed by atoms with van der Waals surface area (Å²) >= 11 is 0. The molecule has 0 spiro atoms. The Hall–Kier alpha value is 0.604. The van der Waals surface area contributed by atoms with Crippen LogP contribution in [0.1, 0.15) is 91.9 Å². The second-order valence-electron chi connectivity index (χ2n) is 5.03. The molecule has 0 aromatic heterocycles. The van der Waals surface area contributed by atoms with E-state index in [0.29, 0.717) is 0 Å². The van der Waals surface area contributed by atoms with Crippen LogP contribution in [0.25, 0.3) is 0 Å². The number of unbranched alkanes of at least 4 members (excludes halogenated alkanes) is 10. The van der Waals surface area contributed by atoms with Crippen LogP contribution in [0.3, 0.4) is 0 Å². The number of phosphoric acid groups is 1. The molecule has 0 aliphatic carbocycles. The largest absolute Gasteiger partial charge is 2.00 e. The van der Waals surface area contributed by atoms with Crippen LogP contribution in [0.4, 0.5) is 0 Å². The van der Waals surface area contributed by atoms with Crippen LogP contribution in [-0.4, -0.2) is 14.7 Å². The second-order valence-corrected chi connectivity index (χ2v) is 6.05. The smallest absolute Gasteiger partial charge is 0.332 e. The fraction of sp³-hybridized carbons (Fsp3) is 0.875. The Morgan fingerprint density at radius 3 is 1.18 bits per heavy atom. The standard InChI is InChI=1S/2C8H17.Ni.H3O4P/c2*1-3-5-7-8-6-4-2;;1-5(2,3)4/h2*3H,4-8H2,1-2H3;;(H3,1,2,3,4)/q2*-1;+2;. The van der Waals surface area contributed by atoms with E-state index in [4.69, 9.17) is 19.2 Å². The van der Waals surface area contributed by atoms with E-state index in [1.54, 1.807) is 0 Å². The average molecular weight is 383 g/mol. The van der Waals surface area contributed by atoms with E-state index < -0.39 is 7.82 Å². The van der Waals surface area contributed by atoms with Gasteiger partial charge >= 0.3 is 24.3 Å². The summed E-state index contributed by atoms with van der Waals surface area (Å²) in [5.74, 6) is 0. The fourth-order valence-corrected chi connectivity index (χ4v) is 1.55. The Morgan fingerprint density at radius 1 is 0.727 bits per heavy atom. The Morgan fingerprint density at radius 2 is 1.00 bits per heavy atom. The molecule has 0 aliphatic rings. The molecule has 22 heavy (non-hydrogen) atoms. The van der Waals surface area contributed by atoms with Crippen molar-refractivity contribution in [2.24, 2.45) is 0 Å². The maximum absolute atomic E-state index is 8.88. The van der Waals surface area contributed by atoms with E-state index in [0.717, 1.165) is 0 Å². The van der Waals surface area contributed by atoms with Crippen molar-refractivity contribution < 1.29 is 35.7 Å². The molecule has 0 unspecified atom stereocenters. The Labute approximate surface area is 148 Å². The summed E-state index contributed by atoms with van der Waals surface area (Å²) in [6, 6.07) is 0. The normalized spacial score (nSPS) is 9.77. The van der Waals surface area contributed by atoms with Crippen molar-refractivity contribution in [3.8, 4) is 0 Å². The average Bonchev–Trinajstić information content (AvgIpc) is 2.39. The van der Waals surface area contributed by atoms with Gasteiger partial charge in [-0.2, -0.15) is 26.7 Å². The Bertz CT molecular complexity index is 178. The molecular formula is C16H37NiO4P. The number of hydrogen-bond acceptors (Lipinski definition) is 1. The maximum Gasteiger partial charge on any atom is 2.00 e. The van der Waals surface area contributed by atoms with Gasteiger partial charge in [-0.05, 0) is 0 Å². The third-order valence-electron chi connectivity index (χ3n) is 2.69. The Balaban J connectivity index is -0.000000111. The van der Waals surface area contributed by atoms with Crippen LogP contribution in [-0.2, 0) is 21.1 Å². The second kappa shape index (κ2) is 26.5. The van der Waals surface area contributed by atoms with Crippen LogP contribution in [0.5, 0.6) is 0 Å². The quantitative estimate of drug-likeness (QED) is 0.203. The van der Waals surface area contributed by atoms with Crippen molar-refractivity contribution >= 4 is 7.82 Å². The van der Waals surface area contributed by atoms with Crippen molar-refractivity contribution in [1.29, 1.82) is 0 Å². The van der Waals surface area contributed by atoms with Crippen LogP contribution in [0.15, 0.2) is 0 Å². The van der Waals surface area contributed by atoms with Gasteiger partial charge in [-0.1, -0.05) is 65.2 Å². The first kappa shape index (κ1) is 30.5. The van der Waals surface area contributed by atoms with Gasteiger partial charge < -0.3 is 27.5 Å². The van der Waals surface area contributed by atoms with E-state index in [1.165, 1.54) is 64.2 Å². The van der Waals surface area contributed by atoms with E-state index in [1.807, 2.05) is 0 Å². The number of hydrogen-bond donors (Lipinski definition) is 3. The molecule has 140 valence electrons. The van der Waals surface area contributed by atoms with Gasteiger partial charge in [-0.3, -0.25) is 0 Å². The minimum atomic E-state index is -4.64. The monoisotopic (exact) mass is 382 g/mol. The van der Waals surface area contributed by atoms with Gasteiger partial charge in [-0.15, -0.1) is 0 Å². The van der Waals surface area contributed by atoms with Crippen LogP contribution in [0.2, 0.25) is 0 Å². The van der Waals surface area contributed by atoms with Gasteiger partial charge in [0, 0.05) is 0 Å². The zero-order valence-corrected chi connectivity index (χ0v) is 16.6. The molecule has 0 heterocycles. The molecule has 3 N–H and O–H groups in total. The van der Waals surface area contributed by atoms with E-state index in [9.17, 15) is 0 Å². The van der Waals surface area contributed by atoms with Gasteiger partial charge in [0.05, 0.1) is 0 Å². The molecule has 0 atom stereocenters. The van der Waals surface area contributed by atoms with Crippen molar-refractivity contribution in [3.63, 3.8) is 0 Å². The summed E-state index contributed by atoms with van der Waals surface area (Å²) in [7, 11) is -4.64. The summed E-state index contributed by atoms with van der Waals surface area (Å²) in [5, 5.41) is 0. The van der Waals surface area contributed by atoms with Gasteiger partial charge in [0.25, 0.3) is 0 Å². The molecule has 0 aromatic carbocycles.